The van der Waals surface area contributed by atoms with E-state index in [1.54, 1.807) is 26.0 Å². The lowest BCUT2D eigenvalue weighted by Gasteiger charge is -2.05. The van der Waals surface area contributed by atoms with Gasteiger partial charge in [-0.3, -0.25) is 4.79 Å². The molecule has 19 heavy (non-hydrogen) atoms. The van der Waals surface area contributed by atoms with Crippen molar-refractivity contribution in [3.8, 4) is 5.75 Å². The van der Waals surface area contributed by atoms with Crippen molar-refractivity contribution in [3.63, 3.8) is 0 Å². The summed E-state index contributed by atoms with van der Waals surface area (Å²) in [6.07, 6.45) is 0. The zero-order chi connectivity index (χ0) is 14.0. The largest absolute Gasteiger partial charge is 0.493 e. The van der Waals surface area contributed by atoms with Crippen molar-refractivity contribution in [3.05, 3.63) is 29.5 Å². The Kier molecular flexibility index (Phi) is 3.55. The van der Waals surface area contributed by atoms with Crippen LogP contribution in [0.2, 0.25) is 0 Å². The van der Waals surface area contributed by atoms with Crippen molar-refractivity contribution in [2.24, 2.45) is 0 Å². The molecule has 1 aromatic carbocycles. The smallest absolute Gasteiger partial charge is 0.379 e. The molecule has 5 heteroatoms. The molecular formula is C14H14O5. The van der Waals surface area contributed by atoms with Crippen LogP contribution in [0, 0.1) is 6.92 Å². The van der Waals surface area contributed by atoms with Gasteiger partial charge in [0.15, 0.2) is 11.3 Å². The van der Waals surface area contributed by atoms with Gasteiger partial charge in [-0.2, -0.15) is 0 Å². The number of furan rings is 1. The molecule has 1 aromatic heterocycles. The Bertz CT molecular complexity index is 639. The minimum atomic E-state index is -0.871. The first-order chi connectivity index (χ1) is 9.06. The monoisotopic (exact) mass is 262 g/mol. The quantitative estimate of drug-likeness (QED) is 0.481. The molecular weight excluding hydrogens is 248 g/mol. The molecule has 2 aromatic rings. The van der Waals surface area contributed by atoms with Gasteiger partial charge in [-0.15, -0.1) is 0 Å². The number of hydrogen-bond donors (Lipinski definition) is 0. The van der Waals surface area contributed by atoms with Gasteiger partial charge in [-0.25, -0.2) is 4.79 Å². The van der Waals surface area contributed by atoms with E-state index in [0.717, 1.165) is 0 Å². The van der Waals surface area contributed by atoms with Gasteiger partial charge in [0.25, 0.3) is 5.78 Å². The zero-order valence-corrected chi connectivity index (χ0v) is 11.0. The molecule has 0 bridgehead atoms. The van der Waals surface area contributed by atoms with E-state index < -0.39 is 11.8 Å². The Labute approximate surface area is 110 Å². The minimum Gasteiger partial charge on any atom is -0.493 e. The third-order valence-corrected chi connectivity index (χ3v) is 2.65. The number of esters is 1. The van der Waals surface area contributed by atoms with Crippen LogP contribution >= 0.6 is 0 Å². The molecule has 0 aliphatic carbocycles. The Morgan fingerprint density at radius 2 is 2.00 bits per heavy atom. The van der Waals surface area contributed by atoms with Gasteiger partial charge < -0.3 is 13.9 Å². The third kappa shape index (κ3) is 2.45. The summed E-state index contributed by atoms with van der Waals surface area (Å²) in [5.41, 5.74) is 0.781. The van der Waals surface area contributed by atoms with Gasteiger partial charge in [0.05, 0.1) is 13.7 Å². The Morgan fingerprint density at radius 1 is 1.26 bits per heavy atom. The summed E-state index contributed by atoms with van der Waals surface area (Å²) in [5, 5.41) is 0.712. The van der Waals surface area contributed by atoms with Crippen LogP contribution in [0.25, 0.3) is 11.0 Å². The number of carbonyl (C=O) groups excluding carboxylic acids is 2. The van der Waals surface area contributed by atoms with Crippen LogP contribution in [-0.4, -0.2) is 25.5 Å². The molecule has 0 saturated heterocycles. The van der Waals surface area contributed by atoms with Crippen molar-refractivity contribution in [1.29, 1.82) is 0 Å². The maximum Gasteiger partial charge on any atom is 0.379 e. The maximum atomic E-state index is 11.9. The van der Waals surface area contributed by atoms with Crippen molar-refractivity contribution in [2.75, 3.05) is 13.7 Å². The number of Topliss-reactive ketones (excluding diaryl/α,β-unsaturated/α-hetero) is 1. The van der Waals surface area contributed by atoms with Gasteiger partial charge in [0.1, 0.15) is 5.76 Å². The number of fused-ring (bicyclic) bond motifs is 1. The number of aryl methyl sites for hydroxylation is 1. The van der Waals surface area contributed by atoms with Gasteiger partial charge in [0, 0.05) is 10.9 Å². The highest BCUT2D eigenvalue weighted by atomic mass is 16.5. The highest BCUT2D eigenvalue weighted by molar-refractivity contribution is 6.41. The molecule has 0 saturated carbocycles. The van der Waals surface area contributed by atoms with Crippen LogP contribution < -0.4 is 4.74 Å². The van der Waals surface area contributed by atoms with Crippen LogP contribution in [0.4, 0.5) is 0 Å². The topological polar surface area (TPSA) is 65.7 Å². The standard InChI is InChI=1S/C14H14O5/c1-4-18-14(16)12(15)9-6-10-5-8(2)19-13(10)11(7-9)17-3/h5-7H,4H2,1-3H3. The van der Waals surface area contributed by atoms with E-state index in [4.69, 9.17) is 13.9 Å². The van der Waals surface area contributed by atoms with Gasteiger partial charge in [-0.05, 0) is 32.0 Å². The lowest BCUT2D eigenvalue weighted by molar-refractivity contribution is -0.137. The first kappa shape index (κ1) is 13.1. The van der Waals surface area contributed by atoms with Gasteiger partial charge in [0.2, 0.25) is 0 Å². The van der Waals surface area contributed by atoms with Crippen LogP contribution in [0.5, 0.6) is 5.75 Å². The van der Waals surface area contributed by atoms with E-state index in [1.807, 2.05) is 0 Å². The number of rotatable bonds is 4. The Balaban J connectivity index is 2.49. The average Bonchev–Trinajstić information content (AvgIpc) is 2.77. The summed E-state index contributed by atoms with van der Waals surface area (Å²) in [4.78, 5) is 23.3. The molecule has 2 rings (SSSR count). The molecule has 0 atom stereocenters. The summed E-state index contributed by atoms with van der Waals surface area (Å²) in [6.45, 7) is 3.61. The lowest BCUT2D eigenvalue weighted by Crippen LogP contribution is -2.17. The summed E-state index contributed by atoms with van der Waals surface area (Å²) in [7, 11) is 1.48. The summed E-state index contributed by atoms with van der Waals surface area (Å²) in [6, 6.07) is 4.85. The predicted octanol–water partition coefficient (Wildman–Crippen LogP) is 2.50. The van der Waals surface area contributed by atoms with Crippen LogP contribution in [0.15, 0.2) is 22.6 Å². The van der Waals surface area contributed by atoms with Crippen molar-refractivity contribution in [1.82, 2.24) is 0 Å². The molecule has 0 aliphatic rings. The molecule has 0 N–H and O–H groups in total. The SMILES string of the molecule is CCOC(=O)C(=O)c1cc(OC)c2oc(C)cc2c1. The van der Waals surface area contributed by atoms with Gasteiger partial charge in [-0.1, -0.05) is 0 Å². The molecule has 0 spiro atoms. The van der Waals surface area contributed by atoms with Crippen LogP contribution in [0.1, 0.15) is 23.0 Å². The fourth-order valence-electron chi connectivity index (χ4n) is 1.85. The minimum absolute atomic E-state index is 0.161. The Morgan fingerprint density at radius 3 is 2.63 bits per heavy atom. The number of ketones is 1. The zero-order valence-electron chi connectivity index (χ0n) is 11.0. The molecule has 0 unspecified atom stereocenters. The second kappa shape index (κ2) is 5.14. The molecule has 0 aliphatic heterocycles. The highest BCUT2D eigenvalue weighted by Gasteiger charge is 2.20. The molecule has 1 heterocycles. The number of carbonyl (C=O) groups is 2. The molecule has 0 radical (unpaired) electrons. The maximum absolute atomic E-state index is 11.9. The normalized spacial score (nSPS) is 10.5. The van der Waals surface area contributed by atoms with Gasteiger partial charge >= 0.3 is 5.97 Å². The second-order valence-electron chi connectivity index (χ2n) is 4.00. The summed E-state index contributed by atoms with van der Waals surface area (Å²) < 4.78 is 15.3. The number of hydrogen-bond acceptors (Lipinski definition) is 5. The van der Waals surface area contributed by atoms with Crippen molar-refractivity contribution < 1.29 is 23.5 Å². The number of benzene rings is 1. The van der Waals surface area contributed by atoms with Crippen LogP contribution in [0.3, 0.4) is 0 Å². The van der Waals surface area contributed by atoms with E-state index in [9.17, 15) is 9.59 Å². The van der Waals surface area contributed by atoms with E-state index in [0.29, 0.717) is 22.5 Å². The Hall–Kier alpha value is -2.30. The molecule has 100 valence electrons. The molecule has 5 nitrogen and oxygen atoms in total. The summed E-state index contributed by atoms with van der Waals surface area (Å²) >= 11 is 0. The predicted molar refractivity (Wildman–Crippen MR) is 68.5 cm³/mol. The number of methoxy groups -OCH3 is 1. The van der Waals surface area contributed by atoms with E-state index in [2.05, 4.69) is 0 Å². The second-order valence-corrected chi connectivity index (χ2v) is 4.00. The lowest BCUT2D eigenvalue weighted by atomic mass is 10.1. The van der Waals surface area contributed by atoms with Crippen molar-refractivity contribution >= 4 is 22.7 Å². The molecule has 0 amide bonds. The third-order valence-electron chi connectivity index (χ3n) is 2.65. The van der Waals surface area contributed by atoms with Crippen molar-refractivity contribution in [2.45, 2.75) is 13.8 Å². The molecule has 0 fully saturated rings. The van der Waals surface area contributed by atoms with E-state index in [1.165, 1.54) is 13.2 Å². The first-order valence-electron chi connectivity index (χ1n) is 5.86. The fourth-order valence-corrected chi connectivity index (χ4v) is 1.85. The van der Waals surface area contributed by atoms with E-state index >= 15 is 0 Å². The average molecular weight is 262 g/mol. The van der Waals surface area contributed by atoms with Crippen LogP contribution in [-0.2, 0) is 9.53 Å². The summed E-state index contributed by atoms with van der Waals surface area (Å²) in [5.74, 6) is -0.447. The van der Waals surface area contributed by atoms with E-state index in [-0.39, 0.29) is 12.2 Å². The highest BCUT2D eigenvalue weighted by Crippen LogP contribution is 2.30. The number of ether oxygens (including phenoxy) is 2. The fraction of sp³-hybridized carbons (Fsp3) is 0.286. The first-order valence-corrected chi connectivity index (χ1v) is 5.86.